The second-order valence-corrected chi connectivity index (χ2v) is 7.60. The zero-order chi connectivity index (χ0) is 22.0. The van der Waals surface area contributed by atoms with E-state index in [0.717, 1.165) is 16.7 Å². The number of hydrogen-bond donors (Lipinski definition) is 0. The lowest BCUT2D eigenvalue weighted by atomic mass is 10.1. The first-order valence-electron chi connectivity index (χ1n) is 9.77. The third-order valence-electron chi connectivity index (χ3n) is 5.04. The van der Waals surface area contributed by atoms with Crippen molar-refractivity contribution in [3.8, 4) is 11.4 Å². The summed E-state index contributed by atoms with van der Waals surface area (Å²) in [4.78, 5) is 17.1. The van der Waals surface area contributed by atoms with Crippen LogP contribution in [0.4, 0.5) is 0 Å². The summed E-state index contributed by atoms with van der Waals surface area (Å²) in [5.41, 5.74) is 4.53. The van der Waals surface area contributed by atoms with Gasteiger partial charge in [-0.1, -0.05) is 59.2 Å². The van der Waals surface area contributed by atoms with Crippen molar-refractivity contribution < 1.29 is 14.1 Å². The predicted octanol–water partition coefficient (Wildman–Crippen LogP) is 4.92. The summed E-state index contributed by atoms with van der Waals surface area (Å²) in [6.45, 7) is 5.92. The third-order valence-corrected chi connectivity index (χ3v) is 5.41. The van der Waals surface area contributed by atoms with E-state index in [0.29, 0.717) is 34.3 Å². The lowest BCUT2D eigenvalue weighted by Crippen LogP contribution is -2.09. The molecule has 4 aromatic rings. The van der Waals surface area contributed by atoms with E-state index in [4.69, 9.17) is 20.9 Å². The van der Waals surface area contributed by atoms with Gasteiger partial charge in [0.1, 0.15) is 5.56 Å². The number of halogens is 1. The fourth-order valence-electron chi connectivity index (χ4n) is 3.38. The summed E-state index contributed by atoms with van der Waals surface area (Å²) in [6, 6.07) is 15.3. The van der Waals surface area contributed by atoms with Crippen molar-refractivity contribution in [2.24, 2.45) is 0 Å². The molecule has 7 nitrogen and oxygen atoms in total. The topological polar surface area (TPSA) is 83.0 Å². The Hall–Kier alpha value is -3.45. The van der Waals surface area contributed by atoms with E-state index in [-0.39, 0.29) is 12.5 Å². The minimum atomic E-state index is -0.490. The number of rotatable bonds is 6. The Labute approximate surface area is 184 Å². The molecule has 0 bridgehead atoms. The van der Waals surface area contributed by atoms with Crippen LogP contribution in [0.5, 0.6) is 0 Å². The van der Waals surface area contributed by atoms with Gasteiger partial charge in [-0.3, -0.25) is 4.68 Å². The Balaban J connectivity index is 1.47. The molecule has 2 heterocycles. The van der Waals surface area contributed by atoms with Crippen LogP contribution in [0.25, 0.3) is 11.4 Å². The number of ether oxygens (including phenoxy) is 1. The smallest absolute Gasteiger partial charge is 0.342 e. The van der Waals surface area contributed by atoms with Gasteiger partial charge >= 0.3 is 5.97 Å². The summed E-state index contributed by atoms with van der Waals surface area (Å²) in [5.74, 6) is 0.200. The highest BCUT2D eigenvalue weighted by Gasteiger charge is 2.21. The van der Waals surface area contributed by atoms with Crippen LogP contribution in [-0.4, -0.2) is 25.9 Å². The summed E-state index contributed by atoms with van der Waals surface area (Å²) in [6.07, 6.45) is 0. The summed E-state index contributed by atoms with van der Waals surface area (Å²) in [7, 11) is 0. The van der Waals surface area contributed by atoms with Crippen molar-refractivity contribution in [2.75, 3.05) is 0 Å². The summed E-state index contributed by atoms with van der Waals surface area (Å²) in [5, 5.41) is 9.12. The number of nitrogens with zero attached hydrogens (tertiary/aromatic N) is 4. The molecule has 4 rings (SSSR count). The van der Waals surface area contributed by atoms with E-state index in [1.54, 1.807) is 11.6 Å². The zero-order valence-corrected chi connectivity index (χ0v) is 18.2. The second-order valence-electron chi connectivity index (χ2n) is 7.20. The number of aromatic nitrogens is 4. The molecule has 0 atom stereocenters. The molecule has 0 saturated carbocycles. The quantitative estimate of drug-likeness (QED) is 0.399. The van der Waals surface area contributed by atoms with E-state index in [2.05, 4.69) is 15.2 Å². The molecule has 0 aliphatic carbocycles. The minimum absolute atomic E-state index is 0.119. The normalized spacial score (nSPS) is 11.0. The fourth-order valence-corrected chi connectivity index (χ4v) is 3.58. The van der Waals surface area contributed by atoms with Gasteiger partial charge in [0.05, 0.1) is 17.9 Å². The Morgan fingerprint density at radius 1 is 1.10 bits per heavy atom. The van der Waals surface area contributed by atoms with E-state index in [1.807, 2.05) is 62.4 Å². The molecule has 31 heavy (non-hydrogen) atoms. The van der Waals surface area contributed by atoms with Crippen LogP contribution in [0, 0.1) is 20.8 Å². The number of aryl methyl sites for hydroxylation is 2. The lowest BCUT2D eigenvalue weighted by Gasteiger charge is -2.07. The number of hydrogen-bond acceptors (Lipinski definition) is 6. The second kappa shape index (κ2) is 8.73. The molecule has 0 radical (unpaired) electrons. The van der Waals surface area contributed by atoms with Gasteiger partial charge < -0.3 is 9.26 Å². The molecule has 0 spiro atoms. The molecular formula is C23H21ClN4O3. The van der Waals surface area contributed by atoms with Crippen molar-refractivity contribution in [2.45, 2.75) is 33.9 Å². The standard InChI is InChI=1S/C23H21ClN4O3/c1-14-8-4-6-10-18(14)22-25-20(31-27-22)13-30-23(29)21-15(2)26-28(16(21)3)12-17-9-5-7-11-19(17)24/h4-11H,12-13H2,1-3H3. The maximum absolute atomic E-state index is 12.7. The van der Waals surface area contributed by atoms with Crippen LogP contribution in [0.1, 0.15) is 38.8 Å². The van der Waals surface area contributed by atoms with E-state index >= 15 is 0 Å². The van der Waals surface area contributed by atoms with Crippen LogP contribution >= 0.6 is 11.6 Å². The molecule has 8 heteroatoms. The number of esters is 1. The zero-order valence-electron chi connectivity index (χ0n) is 17.4. The van der Waals surface area contributed by atoms with Crippen molar-refractivity contribution in [3.05, 3.63) is 87.5 Å². The molecule has 0 fully saturated rings. The highest BCUT2D eigenvalue weighted by Crippen LogP contribution is 2.22. The minimum Gasteiger partial charge on any atom is -0.452 e. The van der Waals surface area contributed by atoms with E-state index in [1.165, 1.54) is 0 Å². The molecule has 158 valence electrons. The molecule has 0 unspecified atom stereocenters. The van der Waals surface area contributed by atoms with Gasteiger partial charge in [0.2, 0.25) is 5.82 Å². The fraction of sp³-hybridized carbons (Fsp3) is 0.217. The highest BCUT2D eigenvalue weighted by atomic mass is 35.5. The van der Waals surface area contributed by atoms with Crippen LogP contribution in [0.2, 0.25) is 5.02 Å². The van der Waals surface area contributed by atoms with Gasteiger partial charge in [-0.2, -0.15) is 10.1 Å². The van der Waals surface area contributed by atoms with Crippen molar-refractivity contribution in [3.63, 3.8) is 0 Å². The lowest BCUT2D eigenvalue weighted by molar-refractivity contribution is 0.0428. The van der Waals surface area contributed by atoms with Gasteiger partial charge in [0.15, 0.2) is 6.61 Å². The maximum atomic E-state index is 12.7. The predicted molar refractivity (Wildman–Crippen MR) is 116 cm³/mol. The largest absolute Gasteiger partial charge is 0.452 e. The first-order valence-corrected chi connectivity index (χ1v) is 10.1. The van der Waals surface area contributed by atoms with Crippen molar-refractivity contribution >= 4 is 17.6 Å². The molecule has 2 aromatic carbocycles. The van der Waals surface area contributed by atoms with Gasteiger partial charge in [0.25, 0.3) is 5.89 Å². The summed E-state index contributed by atoms with van der Waals surface area (Å²) >= 11 is 6.25. The Morgan fingerprint density at radius 2 is 1.84 bits per heavy atom. The molecule has 0 aliphatic rings. The molecular weight excluding hydrogens is 416 g/mol. The number of carbonyl (C=O) groups is 1. The first kappa shape index (κ1) is 20.8. The maximum Gasteiger partial charge on any atom is 0.342 e. The average Bonchev–Trinajstić information content (AvgIpc) is 3.33. The molecule has 0 N–H and O–H groups in total. The van der Waals surface area contributed by atoms with Gasteiger partial charge in [-0.15, -0.1) is 0 Å². The Kier molecular flexibility index (Phi) is 5.86. The number of benzene rings is 2. The van der Waals surface area contributed by atoms with Gasteiger partial charge in [-0.25, -0.2) is 4.79 Å². The SMILES string of the molecule is Cc1ccccc1-c1noc(COC(=O)c2c(C)nn(Cc3ccccc3Cl)c2C)n1. The van der Waals surface area contributed by atoms with Crippen LogP contribution in [0.15, 0.2) is 53.1 Å². The van der Waals surface area contributed by atoms with Crippen LogP contribution in [0.3, 0.4) is 0 Å². The Morgan fingerprint density at radius 3 is 2.61 bits per heavy atom. The molecule has 0 amide bonds. The third kappa shape index (κ3) is 4.36. The van der Waals surface area contributed by atoms with Crippen molar-refractivity contribution in [1.82, 2.24) is 19.9 Å². The van der Waals surface area contributed by atoms with E-state index in [9.17, 15) is 4.79 Å². The van der Waals surface area contributed by atoms with Crippen LogP contribution < -0.4 is 0 Å². The van der Waals surface area contributed by atoms with Gasteiger partial charge in [-0.05, 0) is 38.0 Å². The van der Waals surface area contributed by atoms with Crippen LogP contribution in [-0.2, 0) is 17.9 Å². The monoisotopic (exact) mass is 436 g/mol. The summed E-state index contributed by atoms with van der Waals surface area (Å²) < 4.78 is 12.4. The molecule has 0 saturated heterocycles. The average molecular weight is 437 g/mol. The molecule has 2 aromatic heterocycles. The number of carbonyl (C=O) groups excluding carboxylic acids is 1. The van der Waals surface area contributed by atoms with Gasteiger partial charge in [0, 0.05) is 10.6 Å². The Bertz CT molecular complexity index is 1250. The molecule has 0 aliphatic heterocycles. The highest BCUT2D eigenvalue weighted by molar-refractivity contribution is 6.31. The van der Waals surface area contributed by atoms with E-state index < -0.39 is 5.97 Å². The first-order chi connectivity index (χ1) is 14.9. The van der Waals surface area contributed by atoms with Crippen molar-refractivity contribution in [1.29, 1.82) is 0 Å².